The van der Waals surface area contributed by atoms with Gasteiger partial charge in [0.2, 0.25) is 0 Å². The summed E-state index contributed by atoms with van der Waals surface area (Å²) in [5.41, 5.74) is 8.75. The van der Waals surface area contributed by atoms with Crippen LogP contribution in [0.3, 0.4) is 0 Å². The zero-order chi connectivity index (χ0) is 13.1. The van der Waals surface area contributed by atoms with Gasteiger partial charge in [0.15, 0.2) is 0 Å². The first-order valence-electron chi connectivity index (χ1n) is 6.15. The van der Waals surface area contributed by atoms with Crippen LogP contribution in [0.25, 0.3) is 11.3 Å². The Hall–Kier alpha value is -1.04. The van der Waals surface area contributed by atoms with Crippen LogP contribution in [0.15, 0.2) is 30.5 Å². The lowest BCUT2D eigenvalue weighted by molar-refractivity contribution is 0.488. The fourth-order valence-electron chi connectivity index (χ4n) is 1.77. The quantitative estimate of drug-likeness (QED) is 0.849. The molecule has 4 heteroatoms. The van der Waals surface area contributed by atoms with Crippen molar-refractivity contribution in [1.82, 2.24) is 9.78 Å². The van der Waals surface area contributed by atoms with E-state index in [1.807, 2.05) is 10.9 Å². The van der Waals surface area contributed by atoms with Gasteiger partial charge >= 0.3 is 0 Å². The number of halogens is 1. The molecule has 0 bridgehead atoms. The smallest absolute Gasteiger partial charge is 0.115 e. The number of hydrogen-bond acceptors (Lipinski definition) is 2. The molecule has 0 spiro atoms. The molecule has 0 fully saturated rings. The van der Waals surface area contributed by atoms with Crippen LogP contribution in [0.2, 0.25) is 0 Å². The Morgan fingerprint density at radius 1 is 1.28 bits per heavy atom. The molecule has 0 saturated carbocycles. The van der Waals surface area contributed by atoms with Crippen LogP contribution >= 0.6 is 22.6 Å². The molecule has 0 radical (unpaired) electrons. The fourth-order valence-corrected chi connectivity index (χ4v) is 2.13. The van der Waals surface area contributed by atoms with Gasteiger partial charge in [0, 0.05) is 21.9 Å². The average Bonchev–Trinajstić information content (AvgIpc) is 2.69. The highest BCUT2D eigenvalue weighted by Gasteiger charge is 2.08. The monoisotopic (exact) mass is 355 g/mol. The number of hydrogen-bond donors (Lipinski definition) is 1. The molecule has 0 atom stereocenters. The van der Waals surface area contributed by atoms with E-state index in [0.29, 0.717) is 5.92 Å². The minimum atomic E-state index is 0.678. The number of anilines is 1. The average molecular weight is 355 g/mol. The Kier molecular flexibility index (Phi) is 4.27. The third-order valence-corrected chi connectivity index (χ3v) is 3.56. The largest absolute Gasteiger partial charge is 0.396 e. The van der Waals surface area contributed by atoms with Crippen molar-refractivity contribution in [3.8, 4) is 11.3 Å². The molecule has 2 N–H and O–H groups in total. The molecule has 0 saturated heterocycles. The molecule has 0 aliphatic heterocycles. The van der Waals surface area contributed by atoms with Gasteiger partial charge in [0.1, 0.15) is 5.69 Å². The van der Waals surface area contributed by atoms with Crippen molar-refractivity contribution in [2.24, 2.45) is 5.92 Å². The van der Waals surface area contributed by atoms with E-state index in [1.54, 1.807) is 0 Å². The van der Waals surface area contributed by atoms with Crippen molar-refractivity contribution in [1.29, 1.82) is 0 Å². The zero-order valence-corrected chi connectivity index (χ0v) is 12.9. The van der Waals surface area contributed by atoms with Crippen molar-refractivity contribution >= 4 is 28.3 Å². The molecule has 96 valence electrons. The van der Waals surface area contributed by atoms with E-state index in [0.717, 1.165) is 29.9 Å². The van der Waals surface area contributed by atoms with Crippen LogP contribution in [-0.2, 0) is 6.54 Å². The summed E-state index contributed by atoms with van der Waals surface area (Å²) >= 11 is 2.29. The molecule has 1 aromatic heterocycles. The fraction of sp³-hybridized carbons (Fsp3) is 0.357. The SMILES string of the molecule is CC(C)CCn1cc(N)c(-c2ccc(I)cc2)n1. The first kappa shape index (κ1) is 13.4. The van der Waals surface area contributed by atoms with E-state index in [1.165, 1.54) is 3.57 Å². The summed E-state index contributed by atoms with van der Waals surface area (Å²) in [7, 11) is 0. The molecule has 1 aromatic carbocycles. The maximum absolute atomic E-state index is 6.03. The van der Waals surface area contributed by atoms with Crippen molar-refractivity contribution in [2.45, 2.75) is 26.8 Å². The lowest BCUT2D eigenvalue weighted by atomic mass is 10.1. The normalized spacial score (nSPS) is 11.1. The van der Waals surface area contributed by atoms with E-state index < -0.39 is 0 Å². The maximum atomic E-state index is 6.03. The topological polar surface area (TPSA) is 43.8 Å². The molecule has 0 aliphatic carbocycles. The van der Waals surface area contributed by atoms with Crippen molar-refractivity contribution in [3.05, 3.63) is 34.0 Å². The molecule has 3 nitrogen and oxygen atoms in total. The summed E-state index contributed by atoms with van der Waals surface area (Å²) in [6.45, 7) is 5.35. The van der Waals surface area contributed by atoms with Crippen molar-refractivity contribution < 1.29 is 0 Å². The van der Waals surface area contributed by atoms with Gasteiger partial charge in [-0.25, -0.2) is 0 Å². The third kappa shape index (κ3) is 3.25. The highest BCUT2D eigenvalue weighted by molar-refractivity contribution is 14.1. The minimum Gasteiger partial charge on any atom is -0.396 e. The van der Waals surface area contributed by atoms with Crippen LogP contribution in [0.5, 0.6) is 0 Å². The van der Waals surface area contributed by atoms with E-state index in [2.05, 4.69) is 65.8 Å². The molecular formula is C14H18IN3. The molecule has 0 aliphatic rings. The first-order valence-corrected chi connectivity index (χ1v) is 7.23. The van der Waals surface area contributed by atoms with Crippen molar-refractivity contribution in [2.75, 3.05) is 5.73 Å². The summed E-state index contributed by atoms with van der Waals surface area (Å²) in [6.07, 6.45) is 3.04. The zero-order valence-electron chi connectivity index (χ0n) is 10.7. The van der Waals surface area contributed by atoms with E-state index >= 15 is 0 Å². The lowest BCUT2D eigenvalue weighted by Gasteiger charge is -2.04. The second-order valence-corrected chi connectivity index (χ2v) is 6.13. The van der Waals surface area contributed by atoms with Gasteiger partial charge in [-0.15, -0.1) is 0 Å². The van der Waals surface area contributed by atoms with E-state index in [-0.39, 0.29) is 0 Å². The molecule has 2 rings (SSSR count). The van der Waals surface area contributed by atoms with Gasteiger partial charge in [0.25, 0.3) is 0 Å². The number of nitrogens with zero attached hydrogens (tertiary/aromatic N) is 2. The van der Waals surface area contributed by atoms with Gasteiger partial charge < -0.3 is 5.73 Å². The number of rotatable bonds is 4. The van der Waals surface area contributed by atoms with Crippen LogP contribution in [-0.4, -0.2) is 9.78 Å². The Bertz CT molecular complexity index is 514. The summed E-state index contributed by atoms with van der Waals surface area (Å²) < 4.78 is 3.16. The van der Waals surface area contributed by atoms with Crippen LogP contribution in [0.4, 0.5) is 5.69 Å². The first-order chi connectivity index (χ1) is 8.56. The van der Waals surface area contributed by atoms with Gasteiger partial charge in [-0.1, -0.05) is 26.0 Å². The molecule has 18 heavy (non-hydrogen) atoms. The number of nitrogens with two attached hydrogens (primary N) is 1. The number of aromatic nitrogens is 2. The summed E-state index contributed by atoms with van der Waals surface area (Å²) in [6, 6.07) is 8.27. The standard InChI is InChI=1S/C14H18IN3/c1-10(2)7-8-18-9-13(16)14(17-18)11-3-5-12(15)6-4-11/h3-6,9-10H,7-8,16H2,1-2H3. The Labute approximate surface area is 122 Å². The minimum absolute atomic E-state index is 0.678. The van der Waals surface area contributed by atoms with Gasteiger partial charge in [0.05, 0.1) is 5.69 Å². The second-order valence-electron chi connectivity index (χ2n) is 4.89. The third-order valence-electron chi connectivity index (χ3n) is 2.84. The summed E-state index contributed by atoms with van der Waals surface area (Å²) in [5, 5.41) is 4.57. The number of nitrogen functional groups attached to an aromatic ring is 1. The lowest BCUT2D eigenvalue weighted by Crippen LogP contribution is -2.02. The molecular weight excluding hydrogens is 337 g/mol. The van der Waals surface area contributed by atoms with Crippen LogP contribution < -0.4 is 5.73 Å². The molecule has 0 unspecified atom stereocenters. The van der Waals surface area contributed by atoms with E-state index in [4.69, 9.17) is 5.73 Å². The number of aryl methyl sites for hydroxylation is 1. The Balaban J connectivity index is 2.21. The molecule has 1 heterocycles. The van der Waals surface area contributed by atoms with E-state index in [9.17, 15) is 0 Å². The Morgan fingerprint density at radius 3 is 2.56 bits per heavy atom. The number of benzene rings is 1. The summed E-state index contributed by atoms with van der Waals surface area (Å²) in [4.78, 5) is 0. The van der Waals surface area contributed by atoms with Gasteiger partial charge in [-0.05, 0) is 47.1 Å². The Morgan fingerprint density at radius 2 is 1.94 bits per heavy atom. The second kappa shape index (κ2) is 5.73. The molecule has 2 aromatic rings. The highest BCUT2D eigenvalue weighted by Crippen LogP contribution is 2.24. The highest BCUT2D eigenvalue weighted by atomic mass is 127. The predicted molar refractivity (Wildman–Crippen MR) is 84.2 cm³/mol. The van der Waals surface area contributed by atoms with Crippen LogP contribution in [0.1, 0.15) is 20.3 Å². The predicted octanol–water partition coefficient (Wildman–Crippen LogP) is 3.78. The van der Waals surface area contributed by atoms with Gasteiger partial charge in [-0.3, -0.25) is 4.68 Å². The maximum Gasteiger partial charge on any atom is 0.115 e. The van der Waals surface area contributed by atoms with Gasteiger partial charge in [-0.2, -0.15) is 5.10 Å². The van der Waals surface area contributed by atoms with Crippen molar-refractivity contribution in [3.63, 3.8) is 0 Å². The molecule has 0 amide bonds. The van der Waals surface area contributed by atoms with Crippen LogP contribution in [0, 0.1) is 9.49 Å². The summed E-state index contributed by atoms with van der Waals surface area (Å²) in [5.74, 6) is 0.678.